The van der Waals surface area contributed by atoms with Crippen LogP contribution in [0.3, 0.4) is 0 Å². The van der Waals surface area contributed by atoms with Crippen LogP contribution < -0.4 is 9.47 Å². The van der Waals surface area contributed by atoms with Crippen molar-refractivity contribution in [1.82, 2.24) is 0 Å². The predicted octanol–water partition coefficient (Wildman–Crippen LogP) is 5.07. The van der Waals surface area contributed by atoms with Crippen LogP contribution in [0.15, 0.2) is 28.9 Å². The van der Waals surface area contributed by atoms with Gasteiger partial charge in [-0.1, -0.05) is 31.1 Å². The highest BCUT2D eigenvalue weighted by atomic mass is 16.6. The lowest BCUT2D eigenvalue weighted by molar-refractivity contribution is -0.134. The maximum absolute atomic E-state index is 12.4. The summed E-state index contributed by atoms with van der Waals surface area (Å²) in [6.07, 6.45) is 6.20. The molecule has 0 aromatic heterocycles. The topological polar surface area (TPSA) is 69.7 Å². The standard InChI is InChI=1S/C26H30O5/c1-14-18-7-8-23-25(5)12-10-21(29)15(2)19(25)9-11-26(23,6)20(18)13-22(30-16(3)27)24(14)31-17(4)28/h8,13H,7,9-12H2,1-6H3/t25-,26-/m0/s1. The van der Waals surface area contributed by atoms with Gasteiger partial charge in [-0.05, 0) is 67.9 Å². The molecule has 0 aliphatic heterocycles. The van der Waals surface area contributed by atoms with Crippen LogP contribution in [0.5, 0.6) is 11.5 Å². The molecule has 0 saturated heterocycles. The molecule has 0 heterocycles. The molecule has 0 spiro atoms. The van der Waals surface area contributed by atoms with E-state index in [-0.39, 0.29) is 16.6 Å². The van der Waals surface area contributed by atoms with Gasteiger partial charge in [-0.15, -0.1) is 0 Å². The number of ketones is 1. The van der Waals surface area contributed by atoms with Crippen molar-refractivity contribution >= 4 is 17.7 Å². The highest BCUT2D eigenvalue weighted by Crippen LogP contribution is 2.61. The van der Waals surface area contributed by atoms with Crippen molar-refractivity contribution in [2.75, 3.05) is 0 Å². The van der Waals surface area contributed by atoms with Crippen molar-refractivity contribution in [2.45, 2.75) is 79.1 Å². The first-order valence-electron chi connectivity index (χ1n) is 11.0. The Bertz CT molecular complexity index is 1090. The largest absolute Gasteiger partial charge is 0.423 e. The average Bonchev–Trinajstić information content (AvgIpc) is 2.68. The summed E-state index contributed by atoms with van der Waals surface area (Å²) in [4.78, 5) is 35.9. The fraction of sp³-hybridized carbons (Fsp3) is 0.500. The molecule has 2 atom stereocenters. The fourth-order valence-corrected chi connectivity index (χ4v) is 6.16. The van der Waals surface area contributed by atoms with Crippen LogP contribution in [0, 0.1) is 12.3 Å². The van der Waals surface area contributed by atoms with E-state index in [0.717, 1.165) is 47.9 Å². The summed E-state index contributed by atoms with van der Waals surface area (Å²) < 4.78 is 11.0. The van der Waals surface area contributed by atoms with Crippen molar-refractivity contribution in [2.24, 2.45) is 5.41 Å². The SMILES string of the molecule is CC(=O)Oc1cc2c(c(C)c1OC(C)=O)CC=C1[C@@]3(C)CCC(=O)C(C)=C3CC[C@]12C. The van der Waals surface area contributed by atoms with Crippen LogP contribution in [-0.2, 0) is 26.2 Å². The van der Waals surface area contributed by atoms with Crippen molar-refractivity contribution in [3.63, 3.8) is 0 Å². The van der Waals surface area contributed by atoms with Gasteiger partial charge >= 0.3 is 11.9 Å². The number of esters is 2. The monoisotopic (exact) mass is 422 g/mol. The minimum atomic E-state index is -0.452. The zero-order chi connectivity index (χ0) is 22.7. The van der Waals surface area contributed by atoms with E-state index < -0.39 is 11.9 Å². The van der Waals surface area contributed by atoms with Crippen molar-refractivity contribution < 1.29 is 23.9 Å². The molecule has 1 saturated carbocycles. The van der Waals surface area contributed by atoms with Crippen LogP contribution in [0.1, 0.15) is 77.0 Å². The molecule has 3 aliphatic rings. The summed E-state index contributed by atoms with van der Waals surface area (Å²) in [5.74, 6) is -0.0119. The van der Waals surface area contributed by atoms with Gasteiger partial charge in [0, 0.05) is 31.1 Å². The molecule has 0 bridgehead atoms. The third-order valence-corrected chi connectivity index (χ3v) is 7.67. The van der Waals surface area contributed by atoms with E-state index in [1.54, 1.807) is 0 Å². The summed E-state index contributed by atoms with van der Waals surface area (Å²) in [7, 11) is 0. The molecule has 0 amide bonds. The van der Waals surface area contributed by atoms with E-state index in [2.05, 4.69) is 19.9 Å². The number of carbonyl (C=O) groups excluding carboxylic acids is 3. The zero-order valence-electron chi connectivity index (χ0n) is 19.2. The molecule has 3 aliphatic carbocycles. The number of carbonyl (C=O) groups is 3. The molecule has 5 heteroatoms. The molecular formula is C26H30O5. The quantitative estimate of drug-likeness (QED) is 0.378. The number of ether oxygens (including phenoxy) is 2. The Hall–Kier alpha value is -2.69. The molecule has 5 nitrogen and oxygen atoms in total. The molecule has 164 valence electrons. The summed E-state index contributed by atoms with van der Waals surface area (Å²) >= 11 is 0. The van der Waals surface area contributed by atoms with E-state index in [1.165, 1.54) is 25.0 Å². The molecule has 0 unspecified atom stereocenters. The molecule has 31 heavy (non-hydrogen) atoms. The normalized spacial score (nSPS) is 27.0. The number of benzene rings is 1. The molecule has 1 aromatic carbocycles. The van der Waals surface area contributed by atoms with Crippen LogP contribution >= 0.6 is 0 Å². The van der Waals surface area contributed by atoms with Gasteiger partial charge in [0.15, 0.2) is 17.3 Å². The molecule has 0 N–H and O–H groups in total. The lowest BCUT2D eigenvalue weighted by atomic mass is 9.50. The van der Waals surface area contributed by atoms with Gasteiger partial charge in [-0.2, -0.15) is 0 Å². The number of allylic oxidation sites excluding steroid dienone is 4. The summed E-state index contributed by atoms with van der Waals surface area (Å²) in [5.41, 5.74) is 6.29. The van der Waals surface area contributed by atoms with Gasteiger partial charge in [0.05, 0.1) is 0 Å². The van der Waals surface area contributed by atoms with Crippen molar-refractivity contribution in [3.05, 3.63) is 45.6 Å². The fourth-order valence-electron chi connectivity index (χ4n) is 6.16. The number of rotatable bonds is 2. The minimum absolute atomic E-state index is 0.132. The lowest BCUT2D eigenvalue weighted by Gasteiger charge is -2.53. The first kappa shape index (κ1) is 21.5. The highest BCUT2D eigenvalue weighted by molar-refractivity contribution is 5.97. The Morgan fingerprint density at radius 1 is 0.968 bits per heavy atom. The first-order valence-corrected chi connectivity index (χ1v) is 11.0. The summed E-state index contributed by atoms with van der Waals surface area (Å²) in [5, 5.41) is 0. The van der Waals surface area contributed by atoms with Crippen molar-refractivity contribution in [1.29, 1.82) is 0 Å². The van der Waals surface area contributed by atoms with E-state index in [4.69, 9.17) is 9.47 Å². The Balaban J connectivity index is 1.91. The molecule has 1 aromatic rings. The summed E-state index contributed by atoms with van der Waals surface area (Å²) in [6, 6.07) is 1.90. The molecule has 0 radical (unpaired) electrons. The number of hydrogen-bond donors (Lipinski definition) is 0. The Morgan fingerprint density at radius 3 is 2.26 bits per heavy atom. The van der Waals surface area contributed by atoms with Crippen LogP contribution in [-0.4, -0.2) is 17.7 Å². The van der Waals surface area contributed by atoms with Gasteiger partial charge in [-0.25, -0.2) is 0 Å². The zero-order valence-corrected chi connectivity index (χ0v) is 19.2. The van der Waals surface area contributed by atoms with E-state index in [0.29, 0.717) is 17.9 Å². The second kappa shape index (κ2) is 7.18. The maximum atomic E-state index is 12.4. The van der Waals surface area contributed by atoms with Gasteiger partial charge in [0.25, 0.3) is 0 Å². The Morgan fingerprint density at radius 2 is 1.61 bits per heavy atom. The predicted molar refractivity (Wildman–Crippen MR) is 117 cm³/mol. The maximum Gasteiger partial charge on any atom is 0.308 e. The van der Waals surface area contributed by atoms with Gasteiger partial charge in [0.1, 0.15) is 0 Å². The van der Waals surface area contributed by atoms with Crippen LogP contribution in [0.25, 0.3) is 0 Å². The van der Waals surface area contributed by atoms with Crippen molar-refractivity contribution in [3.8, 4) is 11.5 Å². The van der Waals surface area contributed by atoms with E-state index in [9.17, 15) is 14.4 Å². The van der Waals surface area contributed by atoms with Gasteiger partial charge in [-0.3, -0.25) is 14.4 Å². The second-order valence-electron chi connectivity index (χ2n) is 9.56. The first-order chi connectivity index (χ1) is 14.5. The number of fused-ring (bicyclic) bond motifs is 5. The number of Topliss-reactive ketones (excluding diaryl/α,β-unsaturated/α-hetero) is 1. The Kier molecular flexibility index (Phi) is 4.99. The molecule has 4 rings (SSSR count). The Labute approximate surface area is 183 Å². The van der Waals surface area contributed by atoms with Gasteiger partial charge < -0.3 is 9.47 Å². The van der Waals surface area contributed by atoms with Gasteiger partial charge in [0.2, 0.25) is 0 Å². The lowest BCUT2D eigenvalue weighted by Crippen LogP contribution is -2.45. The highest BCUT2D eigenvalue weighted by Gasteiger charge is 2.52. The molecular weight excluding hydrogens is 392 g/mol. The third-order valence-electron chi connectivity index (χ3n) is 7.67. The smallest absolute Gasteiger partial charge is 0.308 e. The van der Waals surface area contributed by atoms with E-state index in [1.807, 2.05) is 19.9 Å². The average molecular weight is 423 g/mol. The minimum Gasteiger partial charge on any atom is -0.423 e. The third kappa shape index (κ3) is 3.17. The van der Waals surface area contributed by atoms with Crippen LogP contribution in [0.2, 0.25) is 0 Å². The van der Waals surface area contributed by atoms with Crippen LogP contribution in [0.4, 0.5) is 0 Å². The number of hydrogen-bond acceptors (Lipinski definition) is 5. The molecule has 1 fully saturated rings. The second-order valence-corrected chi connectivity index (χ2v) is 9.56. The summed E-state index contributed by atoms with van der Waals surface area (Å²) in [6.45, 7) is 11.1. The van der Waals surface area contributed by atoms with E-state index >= 15 is 0 Å².